The van der Waals surface area contributed by atoms with E-state index in [2.05, 4.69) is 4.98 Å². The fourth-order valence-corrected chi connectivity index (χ4v) is 3.61. The highest BCUT2D eigenvalue weighted by Crippen LogP contribution is 2.27. The van der Waals surface area contributed by atoms with E-state index in [9.17, 15) is 29.0 Å². The first-order valence-corrected chi connectivity index (χ1v) is 10.8. The van der Waals surface area contributed by atoms with E-state index in [1.807, 2.05) is 0 Å². The summed E-state index contributed by atoms with van der Waals surface area (Å²) in [4.78, 5) is 39.9. The molecule has 1 amide bonds. The first kappa shape index (κ1) is 25.5. The summed E-state index contributed by atoms with van der Waals surface area (Å²) < 4.78 is 25.2. The minimum Gasteiger partial charge on any atom is -0.506 e. The molecular formula is C25H27FN2O7. The van der Waals surface area contributed by atoms with Crippen molar-refractivity contribution in [1.82, 2.24) is 9.88 Å². The summed E-state index contributed by atoms with van der Waals surface area (Å²) in [6.07, 6.45) is -0.334. The van der Waals surface area contributed by atoms with E-state index in [1.165, 1.54) is 24.1 Å². The predicted molar refractivity (Wildman–Crippen MR) is 126 cm³/mol. The molecule has 10 heteroatoms. The molecule has 9 nitrogen and oxygen atoms in total. The van der Waals surface area contributed by atoms with Crippen molar-refractivity contribution in [2.24, 2.45) is 0 Å². The number of methoxy groups -OCH3 is 1. The van der Waals surface area contributed by atoms with Crippen LogP contribution in [0.2, 0.25) is 0 Å². The van der Waals surface area contributed by atoms with Gasteiger partial charge in [-0.25, -0.2) is 14.0 Å². The summed E-state index contributed by atoms with van der Waals surface area (Å²) in [6.45, 7) is 5.18. The SMILES string of the molecule is COc1cc(C(=O)O)c(F)cc1CN(CCc1ccc(O)c2[nH]c(=O)ccc12)C(=O)OC(C)(C)C. The molecule has 0 unspecified atom stereocenters. The first-order valence-electron chi connectivity index (χ1n) is 10.8. The quantitative estimate of drug-likeness (QED) is 0.459. The summed E-state index contributed by atoms with van der Waals surface area (Å²) in [5.74, 6) is -2.35. The molecule has 0 saturated carbocycles. The van der Waals surface area contributed by atoms with E-state index >= 15 is 0 Å². The van der Waals surface area contributed by atoms with Crippen LogP contribution in [0.25, 0.3) is 10.9 Å². The number of H-pyrrole nitrogens is 1. The predicted octanol–water partition coefficient (Wildman–Crippen LogP) is 4.06. The number of carbonyl (C=O) groups excluding carboxylic acids is 1. The number of hydrogen-bond acceptors (Lipinski definition) is 6. The van der Waals surface area contributed by atoms with Gasteiger partial charge in [0, 0.05) is 23.6 Å². The Morgan fingerprint density at radius 2 is 1.83 bits per heavy atom. The number of aromatic hydroxyl groups is 1. The number of aromatic carboxylic acids is 1. The first-order chi connectivity index (χ1) is 16.4. The highest BCUT2D eigenvalue weighted by atomic mass is 19.1. The van der Waals surface area contributed by atoms with Crippen molar-refractivity contribution in [3.63, 3.8) is 0 Å². The van der Waals surface area contributed by atoms with Crippen LogP contribution in [0.4, 0.5) is 9.18 Å². The highest BCUT2D eigenvalue weighted by Gasteiger charge is 2.25. The number of amides is 1. The number of aromatic amines is 1. The topological polar surface area (TPSA) is 129 Å². The number of phenolic OH excluding ortho intramolecular Hbond substituents is 1. The number of carbonyl (C=O) groups is 2. The number of phenols is 1. The average Bonchev–Trinajstić information content (AvgIpc) is 2.76. The molecule has 3 aromatic rings. The lowest BCUT2D eigenvalue weighted by atomic mass is 10.0. The summed E-state index contributed by atoms with van der Waals surface area (Å²) >= 11 is 0. The minimum absolute atomic E-state index is 0.0795. The number of halogens is 1. The Balaban J connectivity index is 1.95. The zero-order valence-corrected chi connectivity index (χ0v) is 19.8. The second kappa shape index (κ2) is 10.0. The summed E-state index contributed by atoms with van der Waals surface area (Å²) in [5, 5.41) is 19.9. The molecule has 3 rings (SSSR count). The third-order valence-electron chi connectivity index (χ3n) is 5.23. The Kier molecular flexibility index (Phi) is 7.33. The molecule has 0 bridgehead atoms. The fraction of sp³-hybridized carbons (Fsp3) is 0.320. The van der Waals surface area contributed by atoms with E-state index in [1.54, 1.807) is 32.9 Å². The molecule has 0 saturated heterocycles. The highest BCUT2D eigenvalue weighted by molar-refractivity contribution is 5.89. The largest absolute Gasteiger partial charge is 0.506 e. The Morgan fingerprint density at radius 1 is 1.11 bits per heavy atom. The molecule has 3 N–H and O–H groups in total. The molecule has 0 atom stereocenters. The van der Waals surface area contributed by atoms with Crippen LogP contribution in [0.1, 0.15) is 42.3 Å². The van der Waals surface area contributed by atoms with Crippen LogP contribution in [0.15, 0.2) is 41.2 Å². The lowest BCUT2D eigenvalue weighted by Crippen LogP contribution is -2.37. The Morgan fingerprint density at radius 3 is 2.46 bits per heavy atom. The number of carboxylic acids is 1. The smallest absolute Gasteiger partial charge is 0.410 e. The van der Waals surface area contributed by atoms with E-state index in [-0.39, 0.29) is 41.2 Å². The zero-order chi connectivity index (χ0) is 25.9. The molecule has 0 aliphatic rings. The van der Waals surface area contributed by atoms with Gasteiger partial charge < -0.3 is 29.6 Å². The number of nitrogens with one attached hydrogen (secondary N) is 1. The van der Waals surface area contributed by atoms with Crippen molar-refractivity contribution in [2.75, 3.05) is 13.7 Å². The minimum atomic E-state index is -1.44. The molecule has 2 aromatic carbocycles. The van der Waals surface area contributed by atoms with Gasteiger partial charge >= 0.3 is 12.1 Å². The normalized spacial score (nSPS) is 11.3. The summed E-state index contributed by atoms with van der Waals surface area (Å²) in [7, 11) is 1.32. The molecule has 0 aliphatic carbocycles. The van der Waals surface area contributed by atoms with Gasteiger partial charge in [-0.2, -0.15) is 0 Å². The van der Waals surface area contributed by atoms with Crippen molar-refractivity contribution >= 4 is 23.0 Å². The molecule has 35 heavy (non-hydrogen) atoms. The number of fused-ring (bicyclic) bond motifs is 1. The maximum atomic E-state index is 14.4. The van der Waals surface area contributed by atoms with E-state index in [0.717, 1.165) is 17.7 Å². The van der Waals surface area contributed by atoms with Gasteiger partial charge in [0.1, 0.15) is 22.9 Å². The van der Waals surface area contributed by atoms with Gasteiger partial charge in [0.2, 0.25) is 5.56 Å². The van der Waals surface area contributed by atoms with Crippen LogP contribution in [0.5, 0.6) is 11.5 Å². The van der Waals surface area contributed by atoms with Crippen molar-refractivity contribution in [2.45, 2.75) is 39.3 Å². The Bertz CT molecular complexity index is 1330. The van der Waals surface area contributed by atoms with Gasteiger partial charge in [0.15, 0.2) is 0 Å². The standard InChI is InChI=1S/C25H27FN2O7/c1-25(2,3)35-24(33)28(13-15-11-18(26)17(23(31)32)12-20(15)34-4)10-9-14-5-7-19(29)22-16(14)6-8-21(30)27-22/h5-8,11-12,29H,9-10,13H2,1-4H3,(H,27,30)(H,31,32). The molecule has 0 aliphatic heterocycles. The molecule has 1 aromatic heterocycles. The number of rotatable bonds is 7. The van der Waals surface area contributed by atoms with Gasteiger partial charge in [0.25, 0.3) is 0 Å². The second-order valence-electron chi connectivity index (χ2n) is 8.96. The van der Waals surface area contributed by atoms with Crippen molar-refractivity contribution in [3.05, 3.63) is 69.3 Å². The van der Waals surface area contributed by atoms with Crippen LogP contribution < -0.4 is 10.3 Å². The monoisotopic (exact) mass is 486 g/mol. The third kappa shape index (κ3) is 6.08. The van der Waals surface area contributed by atoms with Crippen molar-refractivity contribution in [1.29, 1.82) is 0 Å². The molecule has 0 spiro atoms. The van der Waals surface area contributed by atoms with Crippen LogP contribution in [-0.2, 0) is 17.7 Å². The van der Waals surface area contributed by atoms with E-state index in [4.69, 9.17) is 9.47 Å². The number of ether oxygens (including phenoxy) is 2. The van der Waals surface area contributed by atoms with Crippen LogP contribution in [-0.4, -0.2) is 51.4 Å². The molecular weight excluding hydrogens is 459 g/mol. The zero-order valence-electron chi connectivity index (χ0n) is 19.8. The Hall–Kier alpha value is -4.08. The van der Waals surface area contributed by atoms with Crippen LogP contribution in [0.3, 0.4) is 0 Å². The van der Waals surface area contributed by atoms with Gasteiger partial charge in [-0.1, -0.05) is 6.07 Å². The average molecular weight is 486 g/mol. The summed E-state index contributed by atoms with van der Waals surface area (Å²) in [6, 6.07) is 8.17. The molecule has 0 radical (unpaired) electrons. The maximum Gasteiger partial charge on any atom is 0.410 e. The van der Waals surface area contributed by atoms with E-state index in [0.29, 0.717) is 11.8 Å². The number of hydrogen-bond donors (Lipinski definition) is 3. The van der Waals surface area contributed by atoms with Crippen LogP contribution >= 0.6 is 0 Å². The fourth-order valence-electron chi connectivity index (χ4n) is 3.61. The molecule has 1 heterocycles. The lowest BCUT2D eigenvalue weighted by molar-refractivity contribution is 0.0234. The van der Waals surface area contributed by atoms with Crippen molar-refractivity contribution < 1.29 is 33.7 Å². The van der Waals surface area contributed by atoms with E-state index < -0.39 is 29.0 Å². The summed E-state index contributed by atoms with van der Waals surface area (Å²) in [5.41, 5.74) is -0.393. The number of benzene rings is 2. The molecule has 0 fully saturated rings. The third-order valence-corrected chi connectivity index (χ3v) is 5.23. The van der Waals surface area contributed by atoms with Crippen molar-refractivity contribution in [3.8, 4) is 11.5 Å². The maximum absolute atomic E-state index is 14.4. The number of carboxylic acid groups (broad SMARTS) is 1. The molecule has 186 valence electrons. The van der Waals surface area contributed by atoms with Gasteiger partial charge in [-0.05, 0) is 57.0 Å². The van der Waals surface area contributed by atoms with Gasteiger partial charge in [-0.15, -0.1) is 0 Å². The number of nitrogens with zero attached hydrogens (tertiary/aromatic N) is 1. The number of pyridine rings is 1. The number of aromatic nitrogens is 1. The van der Waals surface area contributed by atoms with Crippen LogP contribution in [0, 0.1) is 5.82 Å². The lowest BCUT2D eigenvalue weighted by Gasteiger charge is -2.28. The van der Waals surface area contributed by atoms with Gasteiger partial charge in [-0.3, -0.25) is 4.79 Å². The second-order valence-corrected chi connectivity index (χ2v) is 8.96. The van der Waals surface area contributed by atoms with Gasteiger partial charge in [0.05, 0.1) is 24.7 Å². The Labute approximate surface area is 200 Å².